The number of carbonyl (C=O) groups is 1. The zero-order valence-electron chi connectivity index (χ0n) is 14.4. The van der Waals surface area contributed by atoms with E-state index in [0.717, 1.165) is 17.6 Å². The summed E-state index contributed by atoms with van der Waals surface area (Å²) in [5.41, 5.74) is 0.864. The van der Waals surface area contributed by atoms with Crippen molar-refractivity contribution in [2.75, 3.05) is 38.9 Å². The number of anilines is 1. The monoisotopic (exact) mass is 356 g/mol. The van der Waals surface area contributed by atoms with Crippen LogP contribution in [0.1, 0.15) is 12.0 Å². The standard InChI is InChI=1S/C15H24N4O4S/c1-18(2)14-11(6-5-7-16-14)9-17-15(20)13-8-12(23-3)10-19(13)24(4,21)22/h5-7,12-13H,8-10H2,1-4H3,(H,17,20)/t12-,13+/m0/s1. The summed E-state index contributed by atoms with van der Waals surface area (Å²) in [5, 5.41) is 2.82. The van der Waals surface area contributed by atoms with Gasteiger partial charge in [-0.1, -0.05) is 6.07 Å². The fraction of sp³-hybridized carbons (Fsp3) is 0.600. The number of hydrogen-bond donors (Lipinski definition) is 1. The Morgan fingerprint density at radius 3 is 2.79 bits per heavy atom. The van der Waals surface area contributed by atoms with E-state index in [1.165, 1.54) is 11.4 Å². The van der Waals surface area contributed by atoms with Gasteiger partial charge < -0.3 is 15.0 Å². The van der Waals surface area contributed by atoms with Crippen LogP contribution in [0.25, 0.3) is 0 Å². The van der Waals surface area contributed by atoms with E-state index < -0.39 is 16.1 Å². The molecule has 0 radical (unpaired) electrons. The number of nitrogens with zero attached hydrogens (tertiary/aromatic N) is 3. The number of amides is 1. The van der Waals surface area contributed by atoms with Gasteiger partial charge in [-0.15, -0.1) is 0 Å². The molecule has 1 aromatic heterocycles. The Labute approximate surface area is 142 Å². The second-order valence-corrected chi connectivity index (χ2v) is 7.98. The van der Waals surface area contributed by atoms with E-state index in [1.807, 2.05) is 25.1 Å². The fourth-order valence-corrected chi connectivity index (χ4v) is 3.90. The molecule has 1 amide bonds. The first-order valence-electron chi connectivity index (χ1n) is 7.62. The van der Waals surface area contributed by atoms with Crippen LogP contribution in [0, 0.1) is 0 Å². The molecule has 1 aliphatic rings. The maximum atomic E-state index is 12.5. The lowest BCUT2D eigenvalue weighted by Crippen LogP contribution is -2.45. The van der Waals surface area contributed by atoms with E-state index >= 15 is 0 Å². The largest absolute Gasteiger partial charge is 0.380 e. The molecule has 1 aromatic rings. The van der Waals surface area contributed by atoms with Gasteiger partial charge in [-0.2, -0.15) is 4.31 Å². The third-order valence-electron chi connectivity index (χ3n) is 4.02. The van der Waals surface area contributed by atoms with Crippen LogP contribution in [0.5, 0.6) is 0 Å². The van der Waals surface area contributed by atoms with E-state index in [9.17, 15) is 13.2 Å². The second kappa shape index (κ2) is 7.45. The van der Waals surface area contributed by atoms with Gasteiger partial charge in [0.25, 0.3) is 0 Å². The SMILES string of the molecule is CO[C@H]1C[C@H](C(=O)NCc2cccnc2N(C)C)N(S(C)(=O)=O)C1. The highest BCUT2D eigenvalue weighted by Gasteiger charge is 2.41. The highest BCUT2D eigenvalue weighted by Crippen LogP contribution is 2.23. The highest BCUT2D eigenvalue weighted by atomic mass is 32.2. The molecule has 2 atom stereocenters. The molecule has 0 saturated carbocycles. The molecule has 2 rings (SSSR count). The van der Waals surface area contributed by atoms with E-state index in [1.54, 1.807) is 12.3 Å². The third kappa shape index (κ3) is 4.22. The molecule has 1 aliphatic heterocycles. The van der Waals surface area contributed by atoms with E-state index in [0.29, 0.717) is 6.42 Å². The number of sulfonamides is 1. The van der Waals surface area contributed by atoms with Crippen molar-refractivity contribution in [3.05, 3.63) is 23.9 Å². The molecule has 134 valence electrons. The maximum absolute atomic E-state index is 12.5. The third-order valence-corrected chi connectivity index (χ3v) is 5.28. The van der Waals surface area contributed by atoms with E-state index in [-0.39, 0.29) is 25.1 Å². The van der Waals surface area contributed by atoms with Gasteiger partial charge in [0.15, 0.2) is 0 Å². The van der Waals surface area contributed by atoms with Crippen molar-refractivity contribution in [3.63, 3.8) is 0 Å². The van der Waals surface area contributed by atoms with Crippen LogP contribution in [0.15, 0.2) is 18.3 Å². The topological polar surface area (TPSA) is 91.8 Å². The van der Waals surface area contributed by atoms with Crippen molar-refractivity contribution < 1.29 is 17.9 Å². The average Bonchev–Trinajstić information content (AvgIpc) is 2.97. The number of hydrogen-bond acceptors (Lipinski definition) is 6. The summed E-state index contributed by atoms with van der Waals surface area (Å²) in [4.78, 5) is 18.7. The molecular formula is C15H24N4O4S. The van der Waals surface area contributed by atoms with Crippen LogP contribution < -0.4 is 10.2 Å². The summed E-state index contributed by atoms with van der Waals surface area (Å²) in [6.07, 6.45) is 2.87. The Kier molecular flexibility index (Phi) is 5.79. The van der Waals surface area contributed by atoms with Crippen molar-refractivity contribution in [3.8, 4) is 0 Å². The average molecular weight is 356 g/mol. The number of methoxy groups -OCH3 is 1. The van der Waals surface area contributed by atoms with Crippen molar-refractivity contribution in [2.24, 2.45) is 0 Å². The zero-order valence-corrected chi connectivity index (χ0v) is 15.2. The highest BCUT2D eigenvalue weighted by molar-refractivity contribution is 7.88. The second-order valence-electron chi connectivity index (χ2n) is 6.04. The first-order chi connectivity index (χ1) is 11.2. The first-order valence-corrected chi connectivity index (χ1v) is 9.47. The van der Waals surface area contributed by atoms with Gasteiger partial charge in [0.2, 0.25) is 15.9 Å². The molecular weight excluding hydrogens is 332 g/mol. The van der Waals surface area contributed by atoms with Crippen LogP contribution in [0.4, 0.5) is 5.82 Å². The van der Waals surface area contributed by atoms with Crippen LogP contribution >= 0.6 is 0 Å². The van der Waals surface area contributed by atoms with Crippen LogP contribution in [0.2, 0.25) is 0 Å². The number of pyridine rings is 1. The molecule has 2 heterocycles. The molecule has 0 spiro atoms. The molecule has 24 heavy (non-hydrogen) atoms. The summed E-state index contributed by atoms with van der Waals surface area (Å²) >= 11 is 0. The molecule has 1 fully saturated rings. The molecule has 1 saturated heterocycles. The lowest BCUT2D eigenvalue weighted by molar-refractivity contribution is -0.124. The number of aromatic nitrogens is 1. The lowest BCUT2D eigenvalue weighted by atomic mass is 10.2. The Balaban J connectivity index is 2.09. The van der Waals surface area contributed by atoms with Gasteiger partial charge in [-0.25, -0.2) is 13.4 Å². The smallest absolute Gasteiger partial charge is 0.238 e. The van der Waals surface area contributed by atoms with Crippen LogP contribution in [0.3, 0.4) is 0 Å². The molecule has 0 aliphatic carbocycles. The number of carbonyl (C=O) groups excluding carboxylic acids is 1. The minimum atomic E-state index is -3.47. The van der Waals surface area contributed by atoms with Gasteiger partial charge >= 0.3 is 0 Å². The van der Waals surface area contributed by atoms with Gasteiger partial charge in [-0.3, -0.25) is 4.79 Å². The zero-order chi connectivity index (χ0) is 17.9. The maximum Gasteiger partial charge on any atom is 0.238 e. The van der Waals surface area contributed by atoms with Gasteiger partial charge in [0.1, 0.15) is 11.9 Å². The van der Waals surface area contributed by atoms with Crippen molar-refractivity contribution in [1.82, 2.24) is 14.6 Å². The van der Waals surface area contributed by atoms with Crippen molar-refractivity contribution >= 4 is 21.7 Å². The molecule has 0 unspecified atom stereocenters. The van der Waals surface area contributed by atoms with Gasteiger partial charge in [0, 0.05) is 52.5 Å². The van der Waals surface area contributed by atoms with Crippen molar-refractivity contribution in [1.29, 1.82) is 0 Å². The van der Waals surface area contributed by atoms with Crippen LogP contribution in [-0.2, 0) is 26.1 Å². The predicted molar refractivity (Wildman–Crippen MR) is 91.2 cm³/mol. The molecule has 0 bridgehead atoms. The first kappa shape index (κ1) is 18.6. The predicted octanol–water partition coefficient (Wildman–Crippen LogP) is -0.187. The lowest BCUT2D eigenvalue weighted by Gasteiger charge is -2.21. The van der Waals surface area contributed by atoms with E-state index in [2.05, 4.69) is 10.3 Å². The Hall–Kier alpha value is -1.71. The molecule has 9 heteroatoms. The van der Waals surface area contributed by atoms with Gasteiger partial charge in [0.05, 0.1) is 12.4 Å². The Morgan fingerprint density at radius 2 is 2.21 bits per heavy atom. The summed E-state index contributed by atoms with van der Waals surface area (Å²) in [7, 11) is 1.79. The minimum absolute atomic E-state index is 0.198. The molecule has 8 nitrogen and oxygen atoms in total. The number of nitrogens with one attached hydrogen (secondary N) is 1. The number of rotatable bonds is 6. The minimum Gasteiger partial charge on any atom is -0.380 e. The molecule has 0 aromatic carbocycles. The fourth-order valence-electron chi connectivity index (χ4n) is 2.82. The Bertz CT molecular complexity index is 692. The van der Waals surface area contributed by atoms with Crippen LogP contribution in [-0.4, -0.2) is 69.8 Å². The summed E-state index contributed by atoms with van der Waals surface area (Å²) < 4.78 is 30.2. The van der Waals surface area contributed by atoms with Crippen molar-refractivity contribution in [2.45, 2.75) is 25.1 Å². The van der Waals surface area contributed by atoms with E-state index in [4.69, 9.17) is 4.74 Å². The summed E-state index contributed by atoms with van der Waals surface area (Å²) in [5.74, 6) is 0.437. The summed E-state index contributed by atoms with van der Waals surface area (Å²) in [6, 6.07) is 2.93. The number of ether oxygens (including phenoxy) is 1. The Morgan fingerprint density at radius 1 is 1.50 bits per heavy atom. The summed E-state index contributed by atoms with van der Waals surface area (Å²) in [6.45, 7) is 0.481. The van der Waals surface area contributed by atoms with Gasteiger partial charge in [-0.05, 0) is 6.07 Å². The normalized spacial score (nSPS) is 21.7. The quantitative estimate of drug-likeness (QED) is 0.760. The molecule has 1 N–H and O–H groups in total.